The van der Waals surface area contributed by atoms with Gasteiger partial charge in [0.1, 0.15) is 0 Å². The second kappa shape index (κ2) is 6.93. The van der Waals surface area contributed by atoms with Crippen LogP contribution < -0.4 is 4.90 Å². The predicted octanol–water partition coefficient (Wildman–Crippen LogP) is 4.74. The third-order valence-corrected chi connectivity index (χ3v) is 4.89. The largest absolute Gasteiger partial charge is 0.306 e. The summed E-state index contributed by atoms with van der Waals surface area (Å²) in [6.45, 7) is 16.3. The number of hydrogen-bond acceptors (Lipinski definition) is 1. The lowest BCUT2D eigenvalue weighted by Gasteiger charge is -2.36. The first kappa shape index (κ1) is 17.8. The molecule has 1 heterocycles. The van der Waals surface area contributed by atoms with E-state index in [9.17, 15) is 4.79 Å². The zero-order valence-electron chi connectivity index (χ0n) is 15.0. The number of rotatable bonds is 4. The maximum Gasteiger partial charge on any atom is 0.233 e. The molecule has 1 aliphatic rings. The van der Waals surface area contributed by atoms with Gasteiger partial charge in [-0.25, -0.2) is 0 Å². The Hall–Kier alpha value is -2.53. The van der Waals surface area contributed by atoms with Gasteiger partial charge in [-0.15, -0.1) is 0 Å². The molecule has 124 valence electrons. The second-order valence-electron chi connectivity index (χ2n) is 6.88. The van der Waals surface area contributed by atoms with Crippen molar-refractivity contribution in [2.75, 3.05) is 11.4 Å². The number of allylic oxidation sites excluding steroid dienone is 2. The average molecular weight is 319 g/mol. The first-order valence-corrected chi connectivity index (χ1v) is 8.24. The van der Waals surface area contributed by atoms with E-state index in [4.69, 9.17) is 0 Å². The van der Waals surface area contributed by atoms with Crippen LogP contribution in [0.2, 0.25) is 0 Å². The molecule has 1 amide bonds. The van der Waals surface area contributed by atoms with Crippen molar-refractivity contribution >= 4 is 11.6 Å². The van der Waals surface area contributed by atoms with Crippen molar-refractivity contribution in [3.63, 3.8) is 0 Å². The SMILES string of the molecule is C=C/C1=C(\C=C)CN(C(=O)C(C)(C)C(C)C)c2ccccc2C#C1. The van der Waals surface area contributed by atoms with Crippen molar-refractivity contribution in [2.45, 2.75) is 27.7 Å². The summed E-state index contributed by atoms with van der Waals surface area (Å²) in [6.07, 6.45) is 3.50. The summed E-state index contributed by atoms with van der Waals surface area (Å²) in [5, 5.41) is 0. The van der Waals surface area contributed by atoms with Gasteiger partial charge in [0.15, 0.2) is 0 Å². The lowest BCUT2D eigenvalue weighted by Crippen LogP contribution is -2.45. The molecule has 0 N–H and O–H groups in total. The van der Waals surface area contributed by atoms with Crippen LogP contribution >= 0.6 is 0 Å². The summed E-state index contributed by atoms with van der Waals surface area (Å²) in [4.78, 5) is 15.2. The number of carbonyl (C=O) groups is 1. The quantitative estimate of drug-likeness (QED) is 0.734. The van der Waals surface area contributed by atoms with Gasteiger partial charge in [-0.2, -0.15) is 0 Å². The van der Waals surface area contributed by atoms with Gasteiger partial charge in [-0.3, -0.25) is 4.79 Å². The van der Waals surface area contributed by atoms with Crippen molar-refractivity contribution in [3.8, 4) is 11.8 Å². The fourth-order valence-electron chi connectivity index (χ4n) is 2.50. The summed E-state index contributed by atoms with van der Waals surface area (Å²) in [5.41, 5.74) is 2.97. The standard InChI is InChI=1S/C22H25NO/c1-7-17-13-14-19-11-9-10-12-20(19)23(15-18(17)8-2)21(24)22(5,6)16(3)4/h7-12,16H,1-2,15H2,3-6H3/b18-17-. The van der Waals surface area contributed by atoms with Crippen molar-refractivity contribution in [2.24, 2.45) is 11.3 Å². The summed E-state index contributed by atoms with van der Waals surface area (Å²) in [6, 6.07) is 7.79. The van der Waals surface area contributed by atoms with Gasteiger partial charge in [0.25, 0.3) is 0 Å². The molecule has 0 aliphatic carbocycles. The Kier molecular flexibility index (Phi) is 5.14. The highest BCUT2D eigenvalue weighted by Crippen LogP contribution is 2.33. The van der Waals surface area contributed by atoms with Gasteiger partial charge in [0.2, 0.25) is 5.91 Å². The Morgan fingerprint density at radius 1 is 1.21 bits per heavy atom. The lowest BCUT2D eigenvalue weighted by atomic mass is 9.79. The zero-order valence-corrected chi connectivity index (χ0v) is 15.0. The third-order valence-electron chi connectivity index (χ3n) is 4.89. The number of benzene rings is 1. The van der Waals surface area contributed by atoms with Gasteiger partial charge in [0.05, 0.1) is 12.2 Å². The predicted molar refractivity (Wildman–Crippen MR) is 102 cm³/mol. The van der Waals surface area contributed by atoms with E-state index in [0.717, 1.165) is 22.4 Å². The van der Waals surface area contributed by atoms with Gasteiger partial charge in [-0.05, 0) is 23.6 Å². The highest BCUT2D eigenvalue weighted by atomic mass is 16.2. The fraction of sp³-hybridized carbons (Fsp3) is 0.318. The molecule has 0 fully saturated rings. The van der Waals surface area contributed by atoms with E-state index in [1.54, 1.807) is 12.2 Å². The van der Waals surface area contributed by atoms with Crippen molar-refractivity contribution in [1.82, 2.24) is 0 Å². The van der Waals surface area contributed by atoms with Gasteiger partial charge >= 0.3 is 0 Å². The van der Waals surface area contributed by atoms with Crippen LogP contribution in [0.15, 0.2) is 60.7 Å². The van der Waals surface area contributed by atoms with Crippen LogP contribution in [-0.2, 0) is 4.79 Å². The highest BCUT2D eigenvalue weighted by molar-refractivity contribution is 5.99. The molecule has 2 nitrogen and oxygen atoms in total. The lowest BCUT2D eigenvalue weighted by molar-refractivity contribution is -0.128. The summed E-state index contributed by atoms with van der Waals surface area (Å²) in [7, 11) is 0. The molecule has 0 spiro atoms. The minimum absolute atomic E-state index is 0.0939. The monoisotopic (exact) mass is 319 g/mol. The molecule has 0 bridgehead atoms. The van der Waals surface area contributed by atoms with Crippen LogP contribution in [-0.4, -0.2) is 12.5 Å². The van der Waals surface area contributed by atoms with Crippen LogP contribution in [0.4, 0.5) is 5.69 Å². The van der Waals surface area contributed by atoms with Crippen LogP contribution in [0.3, 0.4) is 0 Å². The van der Waals surface area contributed by atoms with Crippen LogP contribution in [0.25, 0.3) is 0 Å². The van der Waals surface area contributed by atoms with Gasteiger partial charge in [-0.1, -0.05) is 77.0 Å². The fourth-order valence-corrected chi connectivity index (χ4v) is 2.50. The van der Waals surface area contributed by atoms with E-state index in [0.29, 0.717) is 6.54 Å². The number of anilines is 1. The molecule has 2 rings (SSSR count). The summed E-state index contributed by atoms with van der Waals surface area (Å²) < 4.78 is 0. The maximum absolute atomic E-state index is 13.3. The van der Waals surface area contributed by atoms with E-state index in [2.05, 4.69) is 38.8 Å². The van der Waals surface area contributed by atoms with E-state index < -0.39 is 5.41 Å². The maximum atomic E-state index is 13.3. The first-order chi connectivity index (χ1) is 11.3. The number of para-hydroxylation sites is 1. The van der Waals surface area contributed by atoms with Crippen molar-refractivity contribution in [3.05, 3.63) is 66.3 Å². The molecule has 24 heavy (non-hydrogen) atoms. The minimum Gasteiger partial charge on any atom is -0.306 e. The minimum atomic E-state index is -0.472. The Bertz CT molecular complexity index is 769. The molecular weight excluding hydrogens is 294 g/mol. The number of amides is 1. The number of hydrogen-bond donors (Lipinski definition) is 0. The Labute approximate surface area is 145 Å². The molecule has 0 radical (unpaired) electrons. The molecule has 0 saturated heterocycles. The highest BCUT2D eigenvalue weighted by Gasteiger charge is 2.36. The second-order valence-corrected chi connectivity index (χ2v) is 6.88. The molecule has 0 aromatic heterocycles. The summed E-state index contributed by atoms with van der Waals surface area (Å²) in [5.74, 6) is 6.65. The van der Waals surface area contributed by atoms with E-state index in [1.165, 1.54) is 0 Å². The first-order valence-electron chi connectivity index (χ1n) is 8.24. The van der Waals surface area contributed by atoms with E-state index >= 15 is 0 Å². The molecule has 0 unspecified atom stereocenters. The van der Waals surface area contributed by atoms with Gasteiger partial charge < -0.3 is 4.90 Å². The molecule has 2 heteroatoms. The number of fused-ring (bicyclic) bond motifs is 1. The molecular formula is C22H25NO. The molecule has 1 aromatic carbocycles. The number of carbonyl (C=O) groups excluding carboxylic acids is 1. The van der Waals surface area contributed by atoms with Crippen LogP contribution in [0.5, 0.6) is 0 Å². The average Bonchev–Trinajstić information content (AvgIpc) is 2.55. The topological polar surface area (TPSA) is 20.3 Å². The normalized spacial score (nSPS) is 17.3. The van der Waals surface area contributed by atoms with Crippen molar-refractivity contribution < 1.29 is 4.79 Å². The van der Waals surface area contributed by atoms with Gasteiger partial charge in [0, 0.05) is 16.6 Å². The molecule has 1 aromatic rings. The third kappa shape index (κ3) is 3.21. The smallest absolute Gasteiger partial charge is 0.233 e. The number of nitrogens with zero attached hydrogens (tertiary/aromatic N) is 1. The Balaban J connectivity index is 2.66. The molecule has 0 saturated carbocycles. The molecule has 0 atom stereocenters. The van der Waals surface area contributed by atoms with Crippen LogP contribution in [0, 0.1) is 23.2 Å². The zero-order chi connectivity index (χ0) is 17.9. The Morgan fingerprint density at radius 3 is 2.46 bits per heavy atom. The van der Waals surface area contributed by atoms with Crippen molar-refractivity contribution in [1.29, 1.82) is 0 Å². The Morgan fingerprint density at radius 2 is 1.88 bits per heavy atom. The summed E-state index contributed by atoms with van der Waals surface area (Å²) >= 11 is 0. The van der Waals surface area contributed by atoms with Crippen LogP contribution in [0.1, 0.15) is 33.3 Å². The van der Waals surface area contributed by atoms with E-state index in [-0.39, 0.29) is 11.8 Å². The van der Waals surface area contributed by atoms with E-state index in [1.807, 2.05) is 43.0 Å². The molecule has 1 aliphatic heterocycles.